The molecule has 0 atom stereocenters. The van der Waals surface area contributed by atoms with E-state index in [-0.39, 0.29) is 11.6 Å². The molecule has 1 aliphatic rings. The molecule has 0 spiro atoms. The average Bonchev–Trinajstić information content (AvgIpc) is 3.04. The number of hydrogen-bond acceptors (Lipinski definition) is 5. The van der Waals surface area contributed by atoms with Crippen LogP contribution in [-0.4, -0.2) is 11.6 Å². The minimum atomic E-state index is -0.145. The van der Waals surface area contributed by atoms with Gasteiger partial charge >= 0.3 is 0 Å². The van der Waals surface area contributed by atoms with Crippen LogP contribution in [-0.2, 0) is 13.0 Å². The first kappa shape index (κ1) is 29.5. The van der Waals surface area contributed by atoms with E-state index >= 15 is 0 Å². The first-order valence-corrected chi connectivity index (χ1v) is 15.9. The van der Waals surface area contributed by atoms with Crippen LogP contribution in [0.1, 0.15) is 81.6 Å². The Morgan fingerprint density at radius 3 is 2.02 bits per heavy atom. The molecular weight excluding hydrogens is 563 g/mol. The van der Waals surface area contributed by atoms with Crippen molar-refractivity contribution in [1.82, 2.24) is 0 Å². The molecule has 6 rings (SSSR count). The van der Waals surface area contributed by atoms with Crippen LogP contribution >= 0.6 is 11.8 Å². The van der Waals surface area contributed by atoms with Crippen molar-refractivity contribution in [2.75, 3.05) is 5.32 Å². The molecule has 1 aliphatic carbocycles. The fraction of sp³-hybridized carbons (Fsp3) is 0.179. The lowest BCUT2D eigenvalue weighted by atomic mass is 9.83. The van der Waals surface area contributed by atoms with Crippen LogP contribution in [0.15, 0.2) is 119 Å². The van der Waals surface area contributed by atoms with Gasteiger partial charge < -0.3 is 10.1 Å². The molecule has 5 aromatic carbocycles. The third kappa shape index (κ3) is 6.20. The quantitative estimate of drug-likeness (QED) is 0.170. The van der Waals surface area contributed by atoms with Gasteiger partial charge in [-0.2, -0.15) is 0 Å². The van der Waals surface area contributed by atoms with Gasteiger partial charge in [0.15, 0.2) is 11.6 Å². The van der Waals surface area contributed by atoms with Crippen LogP contribution in [0.3, 0.4) is 0 Å². The van der Waals surface area contributed by atoms with E-state index in [0.717, 1.165) is 39.6 Å². The van der Waals surface area contributed by atoms with E-state index in [4.69, 9.17) is 4.74 Å². The van der Waals surface area contributed by atoms with Gasteiger partial charge in [0, 0.05) is 32.2 Å². The van der Waals surface area contributed by atoms with Crippen molar-refractivity contribution in [1.29, 1.82) is 0 Å². The van der Waals surface area contributed by atoms with Gasteiger partial charge in [0.2, 0.25) is 0 Å². The Hall–Kier alpha value is -4.61. The van der Waals surface area contributed by atoms with Crippen LogP contribution in [0.25, 0.3) is 0 Å². The first-order chi connectivity index (χ1) is 21.4. The number of rotatable bonds is 10. The van der Waals surface area contributed by atoms with Crippen molar-refractivity contribution < 1.29 is 14.3 Å². The fourth-order valence-corrected chi connectivity index (χ4v) is 6.47. The highest BCUT2D eigenvalue weighted by molar-refractivity contribution is 7.99. The molecule has 0 radical (unpaired) electrons. The van der Waals surface area contributed by atoms with E-state index in [9.17, 15) is 9.59 Å². The number of hydrogen-bond donors (Lipinski definition) is 1. The maximum Gasteiger partial charge on any atom is 0.196 e. The van der Waals surface area contributed by atoms with E-state index in [1.54, 1.807) is 12.1 Å². The Morgan fingerprint density at radius 1 is 0.705 bits per heavy atom. The van der Waals surface area contributed by atoms with Crippen molar-refractivity contribution in [3.8, 4) is 5.75 Å². The topological polar surface area (TPSA) is 55.4 Å². The summed E-state index contributed by atoms with van der Waals surface area (Å²) >= 11 is 1.48. The summed E-state index contributed by atoms with van der Waals surface area (Å²) < 4.78 is 6.01. The lowest BCUT2D eigenvalue weighted by Gasteiger charge is -2.22. The van der Waals surface area contributed by atoms with Gasteiger partial charge in [-0.1, -0.05) is 99.6 Å². The molecule has 0 saturated carbocycles. The first-order valence-electron chi connectivity index (χ1n) is 15.1. The van der Waals surface area contributed by atoms with E-state index in [0.29, 0.717) is 40.5 Å². The Labute approximate surface area is 263 Å². The number of ketones is 2. The summed E-state index contributed by atoms with van der Waals surface area (Å²) in [6, 6.07) is 35.5. The van der Waals surface area contributed by atoms with Crippen molar-refractivity contribution in [2.45, 2.75) is 55.9 Å². The SMILES string of the molecule is CCCc1ccc(Nc2cccc3c2C(=O)c2cccc(Sc4ccc(OCc5ccc(C(C)C)cc5)cc4)c2C3=O)cc1. The second-order valence-corrected chi connectivity index (χ2v) is 12.5. The Kier molecular flexibility index (Phi) is 8.67. The maximum absolute atomic E-state index is 13.9. The summed E-state index contributed by atoms with van der Waals surface area (Å²) in [6.07, 6.45) is 2.11. The average molecular weight is 598 g/mol. The molecule has 1 N–H and O–H groups in total. The number of ether oxygens (including phenoxy) is 1. The summed E-state index contributed by atoms with van der Waals surface area (Å²) in [5.41, 5.74) is 6.96. The molecule has 0 fully saturated rings. The highest BCUT2D eigenvalue weighted by Crippen LogP contribution is 2.40. The van der Waals surface area contributed by atoms with Crippen LogP contribution in [0.4, 0.5) is 11.4 Å². The largest absolute Gasteiger partial charge is 0.489 e. The van der Waals surface area contributed by atoms with Crippen LogP contribution in [0.2, 0.25) is 0 Å². The van der Waals surface area contributed by atoms with Gasteiger partial charge in [-0.25, -0.2) is 0 Å². The molecule has 5 heteroatoms. The molecule has 220 valence electrons. The van der Waals surface area contributed by atoms with Crippen LogP contribution in [0, 0.1) is 0 Å². The molecule has 44 heavy (non-hydrogen) atoms. The third-order valence-electron chi connectivity index (χ3n) is 7.91. The van der Waals surface area contributed by atoms with E-state index < -0.39 is 0 Å². The Morgan fingerprint density at radius 2 is 1.34 bits per heavy atom. The van der Waals surface area contributed by atoms with Gasteiger partial charge in [0.25, 0.3) is 0 Å². The zero-order chi connectivity index (χ0) is 30.6. The minimum absolute atomic E-state index is 0.136. The minimum Gasteiger partial charge on any atom is -0.489 e. The molecule has 0 heterocycles. The molecule has 0 saturated heterocycles. The summed E-state index contributed by atoms with van der Waals surface area (Å²) in [6.45, 7) is 7.03. The molecule has 0 bridgehead atoms. The third-order valence-corrected chi connectivity index (χ3v) is 8.98. The Balaban J connectivity index is 1.19. The number of fused-ring (bicyclic) bond motifs is 2. The molecular formula is C39H35NO3S. The van der Waals surface area contributed by atoms with Gasteiger partial charge in [-0.15, -0.1) is 0 Å². The van der Waals surface area contributed by atoms with Crippen molar-refractivity contribution in [2.24, 2.45) is 0 Å². The van der Waals surface area contributed by atoms with Gasteiger partial charge in [0.1, 0.15) is 12.4 Å². The highest BCUT2D eigenvalue weighted by Gasteiger charge is 2.33. The van der Waals surface area contributed by atoms with Crippen molar-refractivity contribution >= 4 is 34.7 Å². The van der Waals surface area contributed by atoms with Crippen LogP contribution < -0.4 is 10.1 Å². The monoisotopic (exact) mass is 597 g/mol. The summed E-state index contributed by atoms with van der Waals surface area (Å²) in [5.74, 6) is 0.995. The Bertz CT molecular complexity index is 1810. The second kappa shape index (κ2) is 12.9. The predicted octanol–water partition coefficient (Wildman–Crippen LogP) is 10.0. The number of benzene rings is 5. The molecule has 0 amide bonds. The smallest absolute Gasteiger partial charge is 0.196 e. The fourth-order valence-electron chi connectivity index (χ4n) is 5.49. The number of carbonyl (C=O) groups is 2. The van der Waals surface area contributed by atoms with Gasteiger partial charge in [0.05, 0.1) is 11.3 Å². The summed E-state index contributed by atoms with van der Waals surface area (Å²) in [7, 11) is 0. The van der Waals surface area contributed by atoms with Crippen LogP contribution in [0.5, 0.6) is 5.75 Å². The van der Waals surface area contributed by atoms with Crippen molar-refractivity contribution in [3.63, 3.8) is 0 Å². The predicted molar refractivity (Wildman–Crippen MR) is 179 cm³/mol. The summed E-state index contributed by atoms with van der Waals surface area (Å²) in [5, 5.41) is 3.38. The van der Waals surface area contributed by atoms with Gasteiger partial charge in [-0.05, 0) is 77.6 Å². The van der Waals surface area contributed by atoms with Gasteiger partial charge in [-0.3, -0.25) is 9.59 Å². The van der Waals surface area contributed by atoms with Crippen molar-refractivity contribution in [3.05, 3.63) is 148 Å². The standard InChI is InChI=1S/C39H35NO3S/c1-4-7-26-14-18-29(19-15-26)40-34-10-5-8-32-36(34)38(41)33-9-6-11-35(37(33)39(32)42)44-31-22-20-30(21-23-31)43-24-27-12-16-28(17-13-27)25(2)3/h5-6,8-23,25,40H,4,7,24H2,1-3H3. The highest BCUT2D eigenvalue weighted by atomic mass is 32.2. The maximum atomic E-state index is 13.9. The molecule has 0 unspecified atom stereocenters. The molecule has 5 aromatic rings. The number of nitrogens with one attached hydrogen (secondary N) is 1. The van der Waals surface area contributed by atoms with E-state index in [1.165, 1.54) is 22.9 Å². The number of aryl methyl sites for hydroxylation is 1. The molecule has 0 aliphatic heterocycles. The normalized spacial score (nSPS) is 12.2. The number of carbonyl (C=O) groups excluding carboxylic acids is 2. The second-order valence-electron chi connectivity index (χ2n) is 11.4. The van der Waals surface area contributed by atoms with E-state index in [1.807, 2.05) is 60.7 Å². The lowest BCUT2D eigenvalue weighted by Crippen LogP contribution is -2.23. The van der Waals surface area contributed by atoms with E-state index in [2.05, 4.69) is 62.5 Å². The zero-order valence-corrected chi connectivity index (χ0v) is 26.0. The zero-order valence-electron chi connectivity index (χ0n) is 25.2. The molecule has 0 aromatic heterocycles. The lowest BCUT2D eigenvalue weighted by molar-refractivity contribution is 0.0977. The molecule has 4 nitrogen and oxygen atoms in total. The summed E-state index contributed by atoms with van der Waals surface area (Å²) in [4.78, 5) is 29.5. The number of anilines is 2.